The summed E-state index contributed by atoms with van der Waals surface area (Å²) in [5.41, 5.74) is 2.88. The van der Waals surface area contributed by atoms with E-state index >= 15 is 0 Å². The second-order valence-electron chi connectivity index (χ2n) is 7.92. The van der Waals surface area contributed by atoms with Crippen LogP contribution in [0.15, 0.2) is 24.3 Å². The van der Waals surface area contributed by atoms with Crippen LogP contribution >= 0.6 is 0 Å². The standard InChI is InChI=1S/C21H28N2O4/c1-5-26-19(24)13-23-17-9-7-6-8-15(17)16-12-14(10-11-18(16)23)22-20(25)27-21(2,3)4/h6-9,14H,5,10-13H2,1-4H3,(H,22,25)/t14-/m0/s1. The molecule has 1 aromatic heterocycles. The minimum atomic E-state index is -0.514. The Morgan fingerprint density at radius 1 is 1.26 bits per heavy atom. The Morgan fingerprint density at radius 3 is 2.70 bits per heavy atom. The van der Waals surface area contributed by atoms with Crippen molar-refractivity contribution in [3.05, 3.63) is 35.5 Å². The number of hydrogen-bond acceptors (Lipinski definition) is 4. The maximum absolute atomic E-state index is 12.1. The van der Waals surface area contributed by atoms with Gasteiger partial charge in [-0.3, -0.25) is 4.79 Å². The van der Waals surface area contributed by atoms with Gasteiger partial charge in [-0.15, -0.1) is 0 Å². The lowest BCUT2D eigenvalue weighted by molar-refractivity contribution is -0.143. The van der Waals surface area contributed by atoms with Gasteiger partial charge in [0.25, 0.3) is 0 Å². The van der Waals surface area contributed by atoms with E-state index in [1.165, 1.54) is 5.56 Å². The molecule has 6 heteroatoms. The number of hydrogen-bond donors (Lipinski definition) is 1. The van der Waals surface area contributed by atoms with Crippen molar-refractivity contribution in [3.63, 3.8) is 0 Å². The van der Waals surface area contributed by atoms with Gasteiger partial charge in [-0.2, -0.15) is 0 Å². The average molecular weight is 372 g/mol. The smallest absolute Gasteiger partial charge is 0.407 e. The number of rotatable bonds is 4. The molecule has 1 aliphatic rings. The summed E-state index contributed by atoms with van der Waals surface area (Å²) < 4.78 is 12.6. The van der Waals surface area contributed by atoms with Crippen LogP contribution in [0.25, 0.3) is 10.9 Å². The second kappa shape index (κ2) is 7.62. The van der Waals surface area contributed by atoms with E-state index in [1.54, 1.807) is 0 Å². The van der Waals surface area contributed by atoms with Crippen LogP contribution in [0.4, 0.5) is 4.79 Å². The van der Waals surface area contributed by atoms with Gasteiger partial charge in [-0.05, 0) is 58.6 Å². The summed E-state index contributed by atoms with van der Waals surface area (Å²) in [6.07, 6.45) is 1.95. The maximum atomic E-state index is 12.1. The lowest BCUT2D eigenvalue weighted by Crippen LogP contribution is -2.42. The third-order valence-corrected chi connectivity index (χ3v) is 4.69. The van der Waals surface area contributed by atoms with Crippen molar-refractivity contribution in [2.75, 3.05) is 6.61 Å². The van der Waals surface area contributed by atoms with Gasteiger partial charge in [-0.1, -0.05) is 18.2 Å². The fourth-order valence-electron chi connectivity index (χ4n) is 3.71. The Kier molecular flexibility index (Phi) is 5.44. The molecule has 1 aromatic carbocycles. The van der Waals surface area contributed by atoms with Gasteiger partial charge in [0.2, 0.25) is 0 Å². The highest BCUT2D eigenvalue weighted by Gasteiger charge is 2.28. The molecule has 6 nitrogen and oxygen atoms in total. The maximum Gasteiger partial charge on any atom is 0.407 e. The molecule has 1 atom stereocenters. The Morgan fingerprint density at radius 2 is 2.00 bits per heavy atom. The van der Waals surface area contributed by atoms with Gasteiger partial charge in [0.05, 0.1) is 6.61 Å². The van der Waals surface area contributed by atoms with E-state index in [9.17, 15) is 9.59 Å². The summed E-state index contributed by atoms with van der Waals surface area (Å²) in [6.45, 7) is 7.97. The summed E-state index contributed by atoms with van der Waals surface area (Å²) in [5, 5.41) is 4.12. The zero-order chi connectivity index (χ0) is 19.6. The highest BCUT2D eigenvalue weighted by atomic mass is 16.6. The summed E-state index contributed by atoms with van der Waals surface area (Å²) in [5.74, 6) is -0.227. The van der Waals surface area contributed by atoms with E-state index in [1.807, 2.05) is 45.9 Å². The van der Waals surface area contributed by atoms with Gasteiger partial charge < -0.3 is 19.4 Å². The molecule has 0 saturated carbocycles. The van der Waals surface area contributed by atoms with E-state index < -0.39 is 5.60 Å². The molecule has 0 saturated heterocycles. The van der Waals surface area contributed by atoms with Crippen LogP contribution in [0.2, 0.25) is 0 Å². The highest BCUT2D eigenvalue weighted by Crippen LogP contribution is 2.32. The third-order valence-electron chi connectivity index (χ3n) is 4.69. The normalized spacial score (nSPS) is 16.7. The van der Waals surface area contributed by atoms with Crippen molar-refractivity contribution in [3.8, 4) is 0 Å². The Bertz CT molecular complexity index is 848. The van der Waals surface area contributed by atoms with Gasteiger partial charge in [0.15, 0.2) is 0 Å². The SMILES string of the molecule is CCOC(=O)Cn1c2c(c3ccccc31)C[C@@H](NC(=O)OC(C)(C)C)CC2. The molecule has 0 radical (unpaired) electrons. The Hall–Kier alpha value is -2.50. The monoisotopic (exact) mass is 372 g/mol. The second-order valence-corrected chi connectivity index (χ2v) is 7.92. The molecule has 3 rings (SSSR count). The number of carbonyl (C=O) groups is 2. The van der Waals surface area contributed by atoms with E-state index in [0.717, 1.165) is 35.9 Å². The Balaban J connectivity index is 1.84. The van der Waals surface area contributed by atoms with Gasteiger partial charge in [-0.25, -0.2) is 4.79 Å². The fourth-order valence-corrected chi connectivity index (χ4v) is 3.71. The molecule has 0 unspecified atom stereocenters. The zero-order valence-electron chi connectivity index (χ0n) is 16.5. The number of ether oxygens (including phenoxy) is 2. The minimum absolute atomic E-state index is 0.0224. The summed E-state index contributed by atoms with van der Waals surface area (Å²) in [7, 11) is 0. The number of nitrogens with one attached hydrogen (secondary N) is 1. The molecule has 1 N–H and O–H groups in total. The first-order chi connectivity index (χ1) is 12.8. The topological polar surface area (TPSA) is 69.6 Å². The molecule has 146 valence electrons. The van der Waals surface area contributed by atoms with Crippen LogP contribution in [-0.4, -0.2) is 34.9 Å². The van der Waals surface area contributed by atoms with Crippen molar-refractivity contribution in [1.82, 2.24) is 9.88 Å². The van der Waals surface area contributed by atoms with E-state index in [4.69, 9.17) is 9.47 Å². The molecule has 1 heterocycles. The molecule has 0 spiro atoms. The van der Waals surface area contributed by atoms with Gasteiger partial charge in [0, 0.05) is 22.6 Å². The number of para-hydroxylation sites is 1. The molecular weight excluding hydrogens is 344 g/mol. The van der Waals surface area contributed by atoms with Crippen molar-refractivity contribution in [1.29, 1.82) is 0 Å². The first-order valence-corrected chi connectivity index (χ1v) is 9.52. The number of amides is 1. The molecular formula is C21H28N2O4. The first kappa shape index (κ1) is 19.3. The van der Waals surface area contributed by atoms with Crippen molar-refractivity contribution >= 4 is 23.0 Å². The largest absolute Gasteiger partial charge is 0.465 e. The summed E-state index contributed by atoms with van der Waals surface area (Å²) in [4.78, 5) is 24.2. The van der Waals surface area contributed by atoms with Crippen molar-refractivity contribution in [2.24, 2.45) is 0 Å². The quantitative estimate of drug-likeness (QED) is 0.833. The first-order valence-electron chi connectivity index (χ1n) is 9.52. The number of nitrogens with zero attached hydrogens (tertiary/aromatic N) is 1. The number of carbonyl (C=O) groups excluding carboxylic acids is 2. The van der Waals surface area contributed by atoms with Crippen LogP contribution in [-0.2, 0) is 33.7 Å². The summed E-state index contributed by atoms with van der Waals surface area (Å²) in [6, 6.07) is 8.11. The van der Waals surface area contributed by atoms with Crippen LogP contribution < -0.4 is 5.32 Å². The predicted octanol–water partition coefficient (Wildman–Crippen LogP) is 3.59. The van der Waals surface area contributed by atoms with Crippen LogP contribution in [0.1, 0.15) is 45.4 Å². The van der Waals surface area contributed by atoms with Crippen molar-refractivity contribution in [2.45, 2.75) is 65.1 Å². The number of alkyl carbamates (subject to hydrolysis) is 1. The lowest BCUT2D eigenvalue weighted by Gasteiger charge is -2.27. The van der Waals surface area contributed by atoms with Crippen LogP contribution in [0.5, 0.6) is 0 Å². The fraction of sp³-hybridized carbons (Fsp3) is 0.524. The number of aromatic nitrogens is 1. The van der Waals surface area contributed by atoms with Crippen LogP contribution in [0.3, 0.4) is 0 Å². The zero-order valence-corrected chi connectivity index (χ0v) is 16.5. The highest BCUT2D eigenvalue weighted by molar-refractivity contribution is 5.87. The molecule has 0 aliphatic heterocycles. The Labute approximate surface area is 159 Å². The number of benzene rings is 1. The molecule has 0 fully saturated rings. The van der Waals surface area contributed by atoms with Gasteiger partial charge in [0.1, 0.15) is 12.1 Å². The summed E-state index contributed by atoms with van der Waals surface area (Å²) >= 11 is 0. The number of fused-ring (bicyclic) bond motifs is 3. The van der Waals surface area contributed by atoms with Crippen LogP contribution in [0, 0.1) is 0 Å². The van der Waals surface area contributed by atoms with E-state index in [2.05, 4.69) is 16.0 Å². The molecule has 1 aliphatic carbocycles. The van der Waals surface area contributed by atoms with Gasteiger partial charge >= 0.3 is 12.1 Å². The van der Waals surface area contributed by atoms with Crippen molar-refractivity contribution < 1.29 is 19.1 Å². The minimum Gasteiger partial charge on any atom is -0.465 e. The molecule has 0 bridgehead atoms. The third kappa shape index (κ3) is 4.43. The van der Waals surface area contributed by atoms with E-state index in [-0.39, 0.29) is 24.6 Å². The predicted molar refractivity (Wildman–Crippen MR) is 104 cm³/mol. The lowest BCUT2D eigenvalue weighted by atomic mass is 9.91. The molecule has 1 amide bonds. The average Bonchev–Trinajstić information content (AvgIpc) is 2.87. The number of esters is 1. The molecule has 2 aromatic rings. The molecule has 27 heavy (non-hydrogen) atoms. The van der Waals surface area contributed by atoms with E-state index in [0.29, 0.717) is 6.61 Å².